The molecule has 0 N–H and O–H groups in total. The molecule has 1 aromatic heterocycles. The van der Waals surface area contributed by atoms with Gasteiger partial charge >= 0.3 is 0 Å². The van der Waals surface area contributed by atoms with E-state index in [1.54, 1.807) is 7.11 Å². The Balaban J connectivity index is 2.29. The van der Waals surface area contributed by atoms with Crippen LogP contribution in [-0.2, 0) is 11.8 Å². The van der Waals surface area contributed by atoms with E-state index in [9.17, 15) is 0 Å². The second kappa shape index (κ2) is 4.36. The average Bonchev–Trinajstić information content (AvgIpc) is 2.62. The maximum absolute atomic E-state index is 5.65. The van der Waals surface area contributed by atoms with Crippen molar-refractivity contribution >= 4 is 10.9 Å². The van der Waals surface area contributed by atoms with Crippen molar-refractivity contribution in [1.29, 1.82) is 0 Å². The number of aryl methyl sites for hydroxylation is 1. The topological polar surface area (TPSA) is 23.4 Å². The number of benzene rings is 1. The molecule has 0 saturated heterocycles. The van der Waals surface area contributed by atoms with E-state index in [2.05, 4.69) is 16.7 Å². The predicted octanol–water partition coefficient (Wildman–Crippen LogP) is 2.20. The Labute approximate surface area is 89.2 Å². The Bertz CT molecular complexity index is 448. The number of para-hydroxylation sites is 1. The molecule has 0 spiro atoms. The molecule has 0 saturated carbocycles. The fraction of sp³-hybridized carbons (Fsp3) is 0.333. The monoisotopic (exact) mass is 205 g/mol. The lowest BCUT2D eigenvalue weighted by Crippen LogP contribution is -2.05. The van der Waals surface area contributed by atoms with Crippen LogP contribution in [0.2, 0.25) is 0 Å². The summed E-state index contributed by atoms with van der Waals surface area (Å²) in [5.41, 5.74) is 1.13. The first-order valence-corrected chi connectivity index (χ1v) is 4.98. The summed E-state index contributed by atoms with van der Waals surface area (Å²) in [6.45, 7) is 1.20. The fourth-order valence-corrected chi connectivity index (χ4v) is 1.67. The van der Waals surface area contributed by atoms with E-state index in [-0.39, 0.29) is 0 Å². The van der Waals surface area contributed by atoms with Crippen LogP contribution in [0.4, 0.5) is 0 Å². The lowest BCUT2D eigenvalue weighted by molar-refractivity contribution is 0.147. The largest absolute Gasteiger partial charge is 0.489 e. The molecule has 0 aliphatic heterocycles. The maximum Gasteiger partial charge on any atom is 0.143 e. The van der Waals surface area contributed by atoms with Gasteiger partial charge in [-0.25, -0.2) is 0 Å². The van der Waals surface area contributed by atoms with E-state index < -0.39 is 0 Å². The highest BCUT2D eigenvalue weighted by atomic mass is 16.5. The van der Waals surface area contributed by atoms with Gasteiger partial charge < -0.3 is 14.0 Å². The number of aromatic nitrogens is 1. The van der Waals surface area contributed by atoms with Gasteiger partial charge in [-0.15, -0.1) is 0 Å². The van der Waals surface area contributed by atoms with Crippen molar-refractivity contribution in [3.05, 3.63) is 30.5 Å². The van der Waals surface area contributed by atoms with E-state index >= 15 is 0 Å². The summed E-state index contributed by atoms with van der Waals surface area (Å²) in [7, 11) is 3.69. The molecular weight excluding hydrogens is 190 g/mol. The summed E-state index contributed by atoms with van der Waals surface area (Å²) in [5, 5.41) is 1.20. The summed E-state index contributed by atoms with van der Waals surface area (Å²) >= 11 is 0. The Morgan fingerprint density at radius 2 is 2.07 bits per heavy atom. The van der Waals surface area contributed by atoms with E-state index in [1.807, 2.05) is 25.4 Å². The van der Waals surface area contributed by atoms with Crippen molar-refractivity contribution in [3.8, 4) is 5.75 Å². The summed E-state index contributed by atoms with van der Waals surface area (Å²) < 4.78 is 12.7. The number of hydrogen-bond donors (Lipinski definition) is 0. The first-order chi connectivity index (χ1) is 7.33. The summed E-state index contributed by atoms with van der Waals surface area (Å²) in [5.74, 6) is 0.914. The van der Waals surface area contributed by atoms with Crippen molar-refractivity contribution in [2.45, 2.75) is 0 Å². The molecule has 0 aliphatic carbocycles. The van der Waals surface area contributed by atoms with Crippen LogP contribution in [0, 0.1) is 0 Å². The Hall–Kier alpha value is -1.48. The van der Waals surface area contributed by atoms with E-state index in [0.29, 0.717) is 13.2 Å². The highest BCUT2D eigenvalue weighted by Crippen LogP contribution is 2.25. The lowest BCUT2D eigenvalue weighted by atomic mass is 10.2. The van der Waals surface area contributed by atoms with E-state index in [0.717, 1.165) is 11.3 Å². The molecule has 0 radical (unpaired) electrons. The SMILES string of the molecule is COCCOc1cccc2ccn(C)c12. The average molecular weight is 205 g/mol. The first-order valence-electron chi connectivity index (χ1n) is 4.98. The minimum atomic E-state index is 0.584. The van der Waals surface area contributed by atoms with Crippen LogP contribution < -0.4 is 4.74 Å². The highest BCUT2D eigenvalue weighted by molar-refractivity contribution is 5.85. The normalized spacial score (nSPS) is 10.8. The first kappa shape index (κ1) is 10.1. The van der Waals surface area contributed by atoms with Crippen LogP contribution >= 0.6 is 0 Å². The van der Waals surface area contributed by atoms with E-state index in [4.69, 9.17) is 9.47 Å². The van der Waals surface area contributed by atoms with Crippen LogP contribution in [0.3, 0.4) is 0 Å². The van der Waals surface area contributed by atoms with Gasteiger partial charge in [0, 0.05) is 25.7 Å². The molecule has 0 fully saturated rings. The number of ether oxygens (including phenoxy) is 2. The number of hydrogen-bond acceptors (Lipinski definition) is 2. The molecule has 0 aliphatic rings. The summed E-state index contributed by atoms with van der Waals surface area (Å²) in [6.07, 6.45) is 2.04. The number of rotatable bonds is 4. The molecule has 1 aromatic carbocycles. The van der Waals surface area contributed by atoms with Crippen LogP contribution in [0.5, 0.6) is 5.75 Å². The number of methoxy groups -OCH3 is 1. The molecule has 80 valence electrons. The molecule has 0 atom stereocenters. The van der Waals surface area contributed by atoms with Crippen LogP contribution in [0.15, 0.2) is 30.5 Å². The molecule has 0 unspecified atom stereocenters. The van der Waals surface area contributed by atoms with Crippen molar-refractivity contribution in [1.82, 2.24) is 4.57 Å². The van der Waals surface area contributed by atoms with Crippen LogP contribution in [0.1, 0.15) is 0 Å². The van der Waals surface area contributed by atoms with Crippen LogP contribution in [-0.4, -0.2) is 24.9 Å². The minimum absolute atomic E-state index is 0.584. The Morgan fingerprint density at radius 3 is 2.87 bits per heavy atom. The zero-order valence-electron chi connectivity index (χ0n) is 9.06. The quantitative estimate of drug-likeness (QED) is 0.714. The smallest absolute Gasteiger partial charge is 0.143 e. The highest BCUT2D eigenvalue weighted by Gasteiger charge is 2.04. The number of nitrogens with zero attached hydrogens (tertiary/aromatic N) is 1. The Kier molecular flexibility index (Phi) is 2.92. The summed E-state index contributed by atoms with van der Waals surface area (Å²) in [4.78, 5) is 0. The molecule has 2 rings (SSSR count). The predicted molar refractivity (Wildman–Crippen MR) is 60.3 cm³/mol. The molecule has 0 bridgehead atoms. The second-order valence-corrected chi connectivity index (χ2v) is 3.46. The molecule has 3 heteroatoms. The second-order valence-electron chi connectivity index (χ2n) is 3.46. The van der Waals surface area contributed by atoms with Gasteiger partial charge in [-0.05, 0) is 12.1 Å². The molecule has 0 amide bonds. The van der Waals surface area contributed by atoms with Crippen molar-refractivity contribution < 1.29 is 9.47 Å². The van der Waals surface area contributed by atoms with Crippen molar-refractivity contribution in [2.75, 3.05) is 20.3 Å². The molecular formula is C12H15NO2. The molecule has 1 heterocycles. The zero-order chi connectivity index (χ0) is 10.7. The van der Waals surface area contributed by atoms with Gasteiger partial charge in [-0.1, -0.05) is 12.1 Å². The van der Waals surface area contributed by atoms with Gasteiger partial charge in [-0.3, -0.25) is 0 Å². The lowest BCUT2D eigenvalue weighted by Gasteiger charge is -2.08. The van der Waals surface area contributed by atoms with Gasteiger partial charge in [0.15, 0.2) is 0 Å². The zero-order valence-corrected chi connectivity index (χ0v) is 9.06. The number of fused-ring (bicyclic) bond motifs is 1. The fourth-order valence-electron chi connectivity index (χ4n) is 1.67. The molecule has 15 heavy (non-hydrogen) atoms. The third-order valence-corrected chi connectivity index (χ3v) is 2.41. The van der Waals surface area contributed by atoms with Crippen LogP contribution in [0.25, 0.3) is 10.9 Å². The molecule has 3 nitrogen and oxygen atoms in total. The van der Waals surface area contributed by atoms with E-state index in [1.165, 1.54) is 5.39 Å². The third-order valence-electron chi connectivity index (χ3n) is 2.41. The maximum atomic E-state index is 5.65. The summed E-state index contributed by atoms with van der Waals surface area (Å²) in [6, 6.07) is 8.15. The standard InChI is InChI=1S/C12H15NO2/c1-13-7-6-10-4-3-5-11(12(10)13)15-9-8-14-2/h3-7H,8-9H2,1-2H3. The minimum Gasteiger partial charge on any atom is -0.489 e. The van der Waals surface area contributed by atoms with Gasteiger partial charge in [0.2, 0.25) is 0 Å². The van der Waals surface area contributed by atoms with Gasteiger partial charge in [0.1, 0.15) is 12.4 Å². The van der Waals surface area contributed by atoms with Gasteiger partial charge in [0.05, 0.1) is 12.1 Å². The van der Waals surface area contributed by atoms with Crippen molar-refractivity contribution in [2.24, 2.45) is 7.05 Å². The third kappa shape index (κ3) is 1.97. The Morgan fingerprint density at radius 1 is 1.20 bits per heavy atom. The molecule has 2 aromatic rings. The van der Waals surface area contributed by atoms with Crippen molar-refractivity contribution in [3.63, 3.8) is 0 Å². The van der Waals surface area contributed by atoms with Gasteiger partial charge in [0.25, 0.3) is 0 Å². The van der Waals surface area contributed by atoms with Gasteiger partial charge in [-0.2, -0.15) is 0 Å².